The Morgan fingerprint density at radius 2 is 2.07 bits per heavy atom. The highest BCUT2D eigenvalue weighted by atomic mass is 32.2. The summed E-state index contributed by atoms with van der Waals surface area (Å²) in [5.74, 6) is 0.126. The van der Waals surface area contributed by atoms with Crippen LogP contribution >= 0.6 is 11.8 Å². The van der Waals surface area contributed by atoms with Crippen molar-refractivity contribution in [2.75, 3.05) is 0 Å². The maximum Gasteiger partial charge on any atom is 0.167 e. The van der Waals surface area contributed by atoms with E-state index in [1.165, 1.54) is 5.56 Å². The molecule has 1 aliphatic rings. The number of ketones is 1. The lowest BCUT2D eigenvalue weighted by Gasteiger charge is -2.09. The van der Waals surface area contributed by atoms with Crippen LogP contribution in [0.25, 0.3) is 0 Å². The normalized spacial score (nSPS) is 20.1. The molecule has 72 valence electrons. The first kappa shape index (κ1) is 9.34. The highest BCUT2D eigenvalue weighted by Crippen LogP contribution is 2.36. The van der Waals surface area contributed by atoms with E-state index in [-0.39, 0.29) is 11.2 Å². The van der Waals surface area contributed by atoms with Crippen LogP contribution in [0.3, 0.4) is 0 Å². The average molecular weight is 205 g/mol. The molecular weight excluding hydrogens is 194 g/mol. The van der Waals surface area contributed by atoms with Gasteiger partial charge in [-0.05, 0) is 12.5 Å². The van der Waals surface area contributed by atoms with Crippen LogP contribution < -0.4 is 5.32 Å². The molecular formula is C11H11NOS. The van der Waals surface area contributed by atoms with Gasteiger partial charge in [-0.3, -0.25) is 4.79 Å². The Kier molecular flexibility index (Phi) is 2.59. The predicted molar refractivity (Wildman–Crippen MR) is 58.7 cm³/mol. The first-order valence-electron chi connectivity index (χ1n) is 4.46. The Balaban J connectivity index is 2.10. The summed E-state index contributed by atoms with van der Waals surface area (Å²) in [4.78, 5) is 11.9. The summed E-state index contributed by atoms with van der Waals surface area (Å²) in [5.41, 5.74) is 1.20. The van der Waals surface area contributed by atoms with Gasteiger partial charge in [0.15, 0.2) is 5.78 Å². The molecule has 14 heavy (non-hydrogen) atoms. The topological polar surface area (TPSA) is 29.1 Å². The first-order valence-corrected chi connectivity index (χ1v) is 5.34. The zero-order valence-corrected chi connectivity index (χ0v) is 8.67. The molecule has 0 spiro atoms. The van der Waals surface area contributed by atoms with Gasteiger partial charge >= 0.3 is 0 Å². The maximum atomic E-state index is 11.1. The molecule has 3 heteroatoms. The summed E-state index contributed by atoms with van der Waals surface area (Å²) in [5, 5.41) is 3.37. The molecule has 2 nitrogen and oxygen atoms in total. The van der Waals surface area contributed by atoms with Crippen molar-refractivity contribution < 1.29 is 4.79 Å². The zero-order chi connectivity index (χ0) is 9.97. The smallest absolute Gasteiger partial charge is 0.167 e. The maximum absolute atomic E-state index is 11.1. The molecule has 1 aliphatic heterocycles. The van der Waals surface area contributed by atoms with Crippen LogP contribution in [0.1, 0.15) is 17.9 Å². The standard InChI is InChI=1S/C11H11NOS/c1-8(13)10-7-12-11(14-10)9-5-3-2-4-6-9/h2-7,11-12H,1H3. The van der Waals surface area contributed by atoms with Gasteiger partial charge in [-0.1, -0.05) is 42.1 Å². The molecule has 2 rings (SSSR count). The fourth-order valence-corrected chi connectivity index (χ4v) is 2.31. The number of rotatable bonds is 2. The molecule has 0 aromatic heterocycles. The highest BCUT2D eigenvalue weighted by Gasteiger charge is 2.20. The Bertz CT molecular complexity index is 372. The van der Waals surface area contributed by atoms with Crippen molar-refractivity contribution >= 4 is 17.5 Å². The molecule has 1 unspecified atom stereocenters. The summed E-state index contributed by atoms with van der Waals surface area (Å²) >= 11 is 1.57. The Hall–Kier alpha value is -1.22. The van der Waals surface area contributed by atoms with Crippen LogP contribution in [0.4, 0.5) is 0 Å². The Labute approximate surface area is 87.4 Å². The fraction of sp³-hybridized carbons (Fsp3) is 0.182. The summed E-state index contributed by atoms with van der Waals surface area (Å²) in [7, 11) is 0. The van der Waals surface area contributed by atoms with Crippen molar-refractivity contribution in [1.82, 2.24) is 5.32 Å². The van der Waals surface area contributed by atoms with Crippen molar-refractivity contribution in [3.05, 3.63) is 47.0 Å². The predicted octanol–water partition coefficient (Wildman–Crippen LogP) is 2.45. The number of carbonyl (C=O) groups is 1. The number of carbonyl (C=O) groups excluding carboxylic acids is 1. The third-order valence-corrected chi connectivity index (χ3v) is 3.36. The second kappa shape index (κ2) is 3.88. The van der Waals surface area contributed by atoms with Crippen molar-refractivity contribution in [3.8, 4) is 0 Å². The van der Waals surface area contributed by atoms with Crippen LogP contribution in [0.2, 0.25) is 0 Å². The lowest BCUT2D eigenvalue weighted by atomic mass is 10.2. The van der Waals surface area contributed by atoms with Gasteiger partial charge in [-0.2, -0.15) is 0 Å². The molecule has 0 saturated heterocycles. The van der Waals surface area contributed by atoms with Crippen LogP contribution in [-0.2, 0) is 4.79 Å². The van der Waals surface area contributed by atoms with Crippen molar-refractivity contribution in [2.45, 2.75) is 12.3 Å². The number of Topliss-reactive ketones (excluding diaryl/α,β-unsaturated/α-hetero) is 1. The van der Waals surface area contributed by atoms with Gasteiger partial charge < -0.3 is 5.32 Å². The number of benzene rings is 1. The van der Waals surface area contributed by atoms with Crippen LogP contribution in [-0.4, -0.2) is 5.78 Å². The molecule has 0 saturated carbocycles. The van der Waals surface area contributed by atoms with E-state index in [1.807, 2.05) is 18.2 Å². The minimum Gasteiger partial charge on any atom is -0.374 e. The number of thioether (sulfide) groups is 1. The van der Waals surface area contributed by atoms with Crippen molar-refractivity contribution in [3.63, 3.8) is 0 Å². The number of hydrogen-bond donors (Lipinski definition) is 1. The van der Waals surface area contributed by atoms with Gasteiger partial charge in [0.2, 0.25) is 0 Å². The van der Waals surface area contributed by atoms with E-state index in [4.69, 9.17) is 0 Å². The van der Waals surface area contributed by atoms with Crippen LogP contribution in [0.5, 0.6) is 0 Å². The number of allylic oxidation sites excluding steroid dienone is 1. The SMILES string of the molecule is CC(=O)C1=CNC(c2ccccc2)S1. The Morgan fingerprint density at radius 1 is 1.36 bits per heavy atom. The molecule has 0 fully saturated rings. The van der Waals surface area contributed by atoms with Gasteiger partial charge in [0, 0.05) is 6.20 Å². The summed E-state index contributed by atoms with van der Waals surface area (Å²) < 4.78 is 0. The van der Waals surface area contributed by atoms with E-state index in [9.17, 15) is 4.79 Å². The number of hydrogen-bond acceptors (Lipinski definition) is 3. The Morgan fingerprint density at radius 3 is 2.64 bits per heavy atom. The molecule has 1 N–H and O–H groups in total. The van der Waals surface area contributed by atoms with Gasteiger partial charge in [-0.25, -0.2) is 0 Å². The molecule has 1 heterocycles. The summed E-state index contributed by atoms with van der Waals surface area (Å²) in [6.45, 7) is 1.59. The summed E-state index contributed by atoms with van der Waals surface area (Å²) in [6, 6.07) is 10.1. The second-order valence-electron chi connectivity index (χ2n) is 3.14. The van der Waals surface area contributed by atoms with Gasteiger partial charge in [0.1, 0.15) is 5.37 Å². The molecule has 1 aromatic carbocycles. The highest BCUT2D eigenvalue weighted by molar-refractivity contribution is 8.04. The van der Waals surface area contributed by atoms with E-state index in [0.29, 0.717) is 0 Å². The largest absolute Gasteiger partial charge is 0.374 e. The molecule has 0 amide bonds. The summed E-state index contributed by atoms with van der Waals surface area (Å²) in [6.07, 6.45) is 1.80. The fourth-order valence-electron chi connectivity index (χ4n) is 1.32. The third-order valence-electron chi connectivity index (χ3n) is 2.06. The molecule has 0 bridgehead atoms. The van der Waals surface area contributed by atoms with Crippen molar-refractivity contribution in [2.24, 2.45) is 0 Å². The van der Waals surface area contributed by atoms with Gasteiger partial charge in [-0.15, -0.1) is 0 Å². The quantitative estimate of drug-likeness (QED) is 0.804. The minimum atomic E-state index is 0.126. The lowest BCUT2D eigenvalue weighted by molar-refractivity contribution is -0.112. The van der Waals surface area contributed by atoms with Gasteiger partial charge in [0.25, 0.3) is 0 Å². The van der Waals surface area contributed by atoms with E-state index in [2.05, 4.69) is 17.4 Å². The van der Waals surface area contributed by atoms with E-state index >= 15 is 0 Å². The first-order chi connectivity index (χ1) is 6.77. The molecule has 1 aromatic rings. The number of nitrogens with one attached hydrogen (secondary N) is 1. The van der Waals surface area contributed by atoms with Gasteiger partial charge in [0.05, 0.1) is 4.91 Å². The minimum absolute atomic E-state index is 0.126. The second-order valence-corrected chi connectivity index (χ2v) is 4.29. The van der Waals surface area contributed by atoms with Crippen LogP contribution in [0, 0.1) is 0 Å². The van der Waals surface area contributed by atoms with Crippen LogP contribution in [0.15, 0.2) is 41.4 Å². The monoisotopic (exact) mass is 205 g/mol. The molecule has 0 radical (unpaired) electrons. The zero-order valence-electron chi connectivity index (χ0n) is 7.86. The van der Waals surface area contributed by atoms with E-state index in [0.717, 1.165) is 4.91 Å². The lowest BCUT2D eigenvalue weighted by Crippen LogP contribution is -2.06. The molecule has 1 atom stereocenters. The van der Waals surface area contributed by atoms with Crippen molar-refractivity contribution in [1.29, 1.82) is 0 Å². The molecule has 0 aliphatic carbocycles. The van der Waals surface area contributed by atoms with E-state index in [1.54, 1.807) is 24.9 Å². The third kappa shape index (κ3) is 1.82. The van der Waals surface area contributed by atoms with E-state index < -0.39 is 0 Å². The average Bonchev–Trinajstić information content (AvgIpc) is 2.68.